The molecule has 0 aliphatic carbocycles. The van der Waals surface area contributed by atoms with Gasteiger partial charge >= 0.3 is 11.9 Å². The van der Waals surface area contributed by atoms with Crippen molar-refractivity contribution in [2.75, 3.05) is 0 Å². The molecule has 16 heteroatoms. The van der Waals surface area contributed by atoms with Crippen LogP contribution in [0.5, 0.6) is 47.0 Å². The van der Waals surface area contributed by atoms with Gasteiger partial charge in [-0.2, -0.15) is 0 Å². The smallest absolute Gasteiger partial charge is 0.357 e. The first kappa shape index (κ1) is 23.6. The molecule has 0 radical (unpaired) electrons. The van der Waals surface area contributed by atoms with Gasteiger partial charge in [-0.05, 0) is 0 Å². The highest BCUT2D eigenvalue weighted by Gasteiger charge is 2.73. The van der Waals surface area contributed by atoms with E-state index in [1.807, 2.05) is 0 Å². The van der Waals surface area contributed by atoms with Gasteiger partial charge in [0.2, 0.25) is 0 Å². The minimum absolute atomic E-state index is 0.0145. The summed E-state index contributed by atoms with van der Waals surface area (Å²) in [5, 5.41) is 106. The van der Waals surface area contributed by atoms with E-state index in [0.29, 0.717) is 0 Å². The highest BCUT2D eigenvalue weighted by atomic mass is 16.4. The zero-order valence-corrected chi connectivity index (χ0v) is 17.7. The van der Waals surface area contributed by atoms with Crippen molar-refractivity contribution >= 4 is 11.9 Å². The number of hydrogen-bond acceptors (Lipinski definition) is 10. The van der Waals surface area contributed by atoms with Crippen LogP contribution in [-0.4, -0.2) is 81.3 Å². The molecule has 4 aromatic heterocycles. The summed E-state index contributed by atoms with van der Waals surface area (Å²) in [5.41, 5.74) is -7.62. The Hall–Kier alpha value is -5.54. The van der Waals surface area contributed by atoms with Crippen molar-refractivity contribution in [3.05, 3.63) is 48.5 Å². The number of nitrogens with zero attached hydrogens (tertiary/aromatic N) is 4. The largest absolute Gasteiger partial charge is 0.494 e. The molecule has 0 fully saturated rings. The molecule has 0 amide bonds. The highest BCUT2D eigenvalue weighted by Crippen LogP contribution is 2.54. The lowest BCUT2D eigenvalue weighted by molar-refractivity contribution is -0.179. The van der Waals surface area contributed by atoms with E-state index in [9.17, 15) is 60.7 Å². The summed E-state index contributed by atoms with van der Waals surface area (Å²) in [6.45, 7) is 0. The average Bonchev–Trinajstić information content (AvgIpc) is 3.52. The number of hydrogen-bond donors (Lipinski definition) is 10. The first-order valence-corrected chi connectivity index (χ1v) is 9.72. The van der Waals surface area contributed by atoms with Gasteiger partial charge in [0.05, 0.1) is 0 Å². The molecule has 16 nitrogen and oxygen atoms in total. The summed E-state index contributed by atoms with van der Waals surface area (Å²) < 4.78 is 0.0581. The normalized spacial score (nSPS) is 12.1. The Morgan fingerprint density at radius 3 is 0.667 bits per heavy atom. The van der Waals surface area contributed by atoms with Crippen molar-refractivity contribution in [2.45, 2.75) is 11.3 Å². The van der Waals surface area contributed by atoms with Crippen molar-refractivity contribution in [3.8, 4) is 47.0 Å². The number of carboxylic acids is 2. The van der Waals surface area contributed by atoms with Crippen LogP contribution in [-0.2, 0) is 20.9 Å². The molecule has 0 saturated carbocycles. The Morgan fingerprint density at radius 1 is 0.417 bits per heavy atom. The standard InChI is InChI=1S/C20H18N4O12/c25-9-1-2-10(26)21(9)19(17(33)34,22-11(27)3-4-12(22)28)20(18(35)36,23-13(29)5-6-14(23)30)24-15(31)7-8-16(24)32/h1-8,25-32H,(H,33,34)(H,35,36). The third-order valence-corrected chi connectivity index (χ3v) is 5.74. The van der Waals surface area contributed by atoms with Gasteiger partial charge in [-0.3, -0.25) is 0 Å². The van der Waals surface area contributed by atoms with Crippen molar-refractivity contribution in [2.24, 2.45) is 0 Å². The molecule has 4 rings (SSSR count). The van der Waals surface area contributed by atoms with E-state index in [1.165, 1.54) is 0 Å². The fraction of sp³-hybridized carbons (Fsp3) is 0.100. The third-order valence-electron chi connectivity index (χ3n) is 5.74. The van der Waals surface area contributed by atoms with Crippen molar-refractivity contribution in [3.63, 3.8) is 0 Å². The van der Waals surface area contributed by atoms with Crippen molar-refractivity contribution in [1.29, 1.82) is 0 Å². The van der Waals surface area contributed by atoms with Crippen LogP contribution in [0.2, 0.25) is 0 Å². The van der Waals surface area contributed by atoms with Gasteiger partial charge in [0.1, 0.15) is 0 Å². The van der Waals surface area contributed by atoms with E-state index in [2.05, 4.69) is 0 Å². The molecular formula is C20H18N4O12. The maximum absolute atomic E-state index is 13.3. The maximum Gasteiger partial charge on any atom is 0.357 e. The Bertz CT molecular complexity index is 1220. The number of aliphatic carboxylic acids is 2. The third kappa shape index (κ3) is 2.57. The molecule has 0 aliphatic heterocycles. The number of rotatable bonds is 7. The summed E-state index contributed by atoms with van der Waals surface area (Å²) in [5.74, 6) is -14.0. The van der Waals surface area contributed by atoms with Gasteiger partial charge in [-0.25, -0.2) is 27.9 Å². The molecule has 36 heavy (non-hydrogen) atoms. The maximum atomic E-state index is 13.3. The Balaban J connectivity index is 2.48. The van der Waals surface area contributed by atoms with E-state index in [1.54, 1.807) is 0 Å². The van der Waals surface area contributed by atoms with Crippen LogP contribution in [0.1, 0.15) is 0 Å². The van der Waals surface area contributed by atoms with Crippen LogP contribution in [0.4, 0.5) is 0 Å². The minimum atomic E-state index is -3.81. The number of carbonyl (C=O) groups is 2. The first-order chi connectivity index (χ1) is 16.8. The minimum Gasteiger partial charge on any atom is -0.494 e. The molecule has 0 bridgehead atoms. The van der Waals surface area contributed by atoms with E-state index in [0.717, 1.165) is 48.5 Å². The first-order valence-electron chi connectivity index (χ1n) is 9.72. The van der Waals surface area contributed by atoms with E-state index >= 15 is 0 Å². The predicted octanol–water partition coefficient (Wildman–Crippen LogP) is -0.191. The van der Waals surface area contributed by atoms with Gasteiger partial charge in [0, 0.05) is 48.5 Å². The number of aromatic hydroxyl groups is 8. The van der Waals surface area contributed by atoms with Crippen LogP contribution >= 0.6 is 0 Å². The van der Waals surface area contributed by atoms with Crippen LogP contribution in [0.3, 0.4) is 0 Å². The molecule has 10 N–H and O–H groups in total. The second-order valence-corrected chi connectivity index (χ2v) is 7.50. The van der Waals surface area contributed by atoms with E-state index in [-0.39, 0.29) is 18.3 Å². The SMILES string of the molecule is O=C(O)C(n1c(O)ccc1O)(n1c(O)ccc1O)C(C(=O)O)(n1c(O)ccc1O)n1c(O)ccc1O. The van der Waals surface area contributed by atoms with Gasteiger partial charge in [0.25, 0.3) is 11.3 Å². The van der Waals surface area contributed by atoms with E-state index < -0.39 is 70.3 Å². The second-order valence-electron chi connectivity index (χ2n) is 7.50. The average molecular weight is 506 g/mol. The zero-order valence-electron chi connectivity index (χ0n) is 17.7. The zero-order chi connectivity index (χ0) is 26.7. The summed E-state index contributed by atoms with van der Waals surface area (Å²) in [6, 6.07) is 5.79. The summed E-state index contributed by atoms with van der Waals surface area (Å²) in [7, 11) is 0. The Labute approximate surface area is 198 Å². The van der Waals surface area contributed by atoms with Gasteiger partial charge in [-0.1, -0.05) is 0 Å². The molecule has 0 atom stereocenters. The molecular weight excluding hydrogens is 488 g/mol. The van der Waals surface area contributed by atoms with E-state index in [4.69, 9.17) is 0 Å². The van der Waals surface area contributed by atoms with Crippen LogP contribution in [0.25, 0.3) is 0 Å². The molecule has 0 aromatic carbocycles. The topological polar surface area (TPSA) is 256 Å². The monoisotopic (exact) mass is 506 g/mol. The summed E-state index contributed by atoms with van der Waals surface area (Å²) in [6.07, 6.45) is 0. The fourth-order valence-corrected chi connectivity index (χ4v) is 4.49. The Morgan fingerprint density at radius 2 is 0.556 bits per heavy atom. The summed E-state index contributed by atoms with van der Waals surface area (Å²) >= 11 is 0. The van der Waals surface area contributed by atoms with Gasteiger partial charge in [0.15, 0.2) is 47.0 Å². The van der Waals surface area contributed by atoms with Crippen LogP contribution < -0.4 is 0 Å². The van der Waals surface area contributed by atoms with Gasteiger partial charge < -0.3 is 51.1 Å². The quantitative estimate of drug-likeness (QED) is 0.156. The van der Waals surface area contributed by atoms with Crippen LogP contribution in [0.15, 0.2) is 48.5 Å². The molecule has 0 spiro atoms. The molecule has 190 valence electrons. The predicted molar refractivity (Wildman–Crippen MR) is 113 cm³/mol. The number of aromatic nitrogens is 4. The molecule has 0 aliphatic rings. The molecule has 4 aromatic rings. The summed E-state index contributed by atoms with van der Waals surface area (Å²) in [4.78, 5) is 26.6. The lowest BCUT2D eigenvalue weighted by Gasteiger charge is -2.47. The lowest BCUT2D eigenvalue weighted by atomic mass is 9.89. The lowest BCUT2D eigenvalue weighted by Crippen LogP contribution is -2.71. The van der Waals surface area contributed by atoms with Crippen LogP contribution in [0, 0.1) is 0 Å². The van der Waals surface area contributed by atoms with Crippen molar-refractivity contribution < 1.29 is 60.7 Å². The number of carboxylic acid groups (broad SMARTS) is 2. The molecule has 0 unspecified atom stereocenters. The van der Waals surface area contributed by atoms with Gasteiger partial charge in [-0.15, -0.1) is 0 Å². The highest BCUT2D eigenvalue weighted by molar-refractivity contribution is 5.92. The Kier molecular flexibility index (Phi) is 4.91. The molecule has 0 saturated heterocycles. The molecule has 4 heterocycles. The second kappa shape index (κ2) is 7.49. The van der Waals surface area contributed by atoms with Crippen molar-refractivity contribution in [1.82, 2.24) is 18.3 Å². The fourth-order valence-electron chi connectivity index (χ4n) is 4.49.